The van der Waals surface area contributed by atoms with Gasteiger partial charge in [0.1, 0.15) is 5.75 Å². The zero-order valence-electron chi connectivity index (χ0n) is 9.78. The molecule has 104 valence electrons. The van der Waals surface area contributed by atoms with Gasteiger partial charge in [-0.15, -0.1) is 0 Å². The van der Waals surface area contributed by atoms with Gasteiger partial charge in [0.25, 0.3) is 0 Å². The van der Waals surface area contributed by atoms with Crippen molar-refractivity contribution < 1.29 is 23.4 Å². The van der Waals surface area contributed by atoms with E-state index in [2.05, 4.69) is 26.0 Å². The van der Waals surface area contributed by atoms with Gasteiger partial charge in [-0.1, -0.05) is 15.9 Å². The molecule has 0 atom stereocenters. The highest BCUT2D eigenvalue weighted by molar-refractivity contribution is 9.10. The Morgan fingerprint density at radius 1 is 1.53 bits per heavy atom. The van der Waals surface area contributed by atoms with Crippen molar-refractivity contribution in [3.8, 4) is 5.75 Å². The zero-order chi connectivity index (χ0) is 14.3. The largest absolute Gasteiger partial charge is 0.434 e. The molecule has 0 fully saturated rings. The van der Waals surface area contributed by atoms with Gasteiger partial charge in [0.05, 0.1) is 6.61 Å². The van der Waals surface area contributed by atoms with Crippen LogP contribution in [0, 0.1) is 0 Å². The maximum atomic E-state index is 12.2. The summed E-state index contributed by atoms with van der Waals surface area (Å²) in [6, 6.07) is 4.48. The Morgan fingerprint density at radius 3 is 2.89 bits per heavy atom. The van der Waals surface area contributed by atoms with E-state index in [0.29, 0.717) is 10.0 Å². The van der Waals surface area contributed by atoms with E-state index >= 15 is 0 Å². The lowest BCUT2D eigenvalue weighted by molar-refractivity contribution is -0.116. The standard InChI is InChI=1S/C12H12BrF2NO3/c13-9-2-3-10(19-12(14)15)8(7-9)1-4-11(18)16-5-6-17/h1-4,7,12,17H,5-6H2,(H,16,18)/b4-1+. The van der Waals surface area contributed by atoms with Crippen molar-refractivity contribution in [2.45, 2.75) is 6.61 Å². The molecule has 0 aromatic heterocycles. The van der Waals surface area contributed by atoms with Crippen molar-refractivity contribution in [3.05, 3.63) is 34.3 Å². The Labute approximate surface area is 117 Å². The number of hydrogen-bond acceptors (Lipinski definition) is 3. The molecule has 4 nitrogen and oxygen atoms in total. The first-order valence-corrected chi connectivity index (χ1v) is 6.13. The van der Waals surface area contributed by atoms with Gasteiger partial charge in [-0.2, -0.15) is 8.78 Å². The molecule has 0 bridgehead atoms. The lowest BCUT2D eigenvalue weighted by atomic mass is 10.2. The molecule has 0 heterocycles. The number of hydrogen-bond donors (Lipinski definition) is 2. The Kier molecular flexibility index (Phi) is 6.44. The van der Waals surface area contributed by atoms with Crippen LogP contribution < -0.4 is 10.1 Å². The Bertz CT molecular complexity index is 466. The van der Waals surface area contributed by atoms with E-state index in [1.807, 2.05) is 0 Å². The molecular formula is C12H12BrF2NO3. The van der Waals surface area contributed by atoms with Crippen molar-refractivity contribution >= 4 is 27.9 Å². The second kappa shape index (κ2) is 7.85. The molecule has 0 aliphatic heterocycles. The predicted octanol–water partition coefficient (Wildman–Crippen LogP) is 2.17. The molecule has 1 aromatic rings. The molecule has 0 saturated carbocycles. The highest BCUT2D eigenvalue weighted by atomic mass is 79.9. The van der Waals surface area contributed by atoms with Gasteiger partial charge in [0, 0.05) is 22.7 Å². The fraction of sp³-hybridized carbons (Fsp3) is 0.250. The number of ether oxygens (including phenoxy) is 1. The maximum absolute atomic E-state index is 12.2. The zero-order valence-corrected chi connectivity index (χ0v) is 11.4. The average molecular weight is 336 g/mol. The summed E-state index contributed by atoms with van der Waals surface area (Å²) in [5.74, 6) is -0.457. The summed E-state index contributed by atoms with van der Waals surface area (Å²) in [4.78, 5) is 11.3. The van der Waals surface area contributed by atoms with Crippen LogP contribution >= 0.6 is 15.9 Å². The molecule has 1 amide bonds. The van der Waals surface area contributed by atoms with E-state index in [1.165, 1.54) is 18.2 Å². The fourth-order valence-electron chi connectivity index (χ4n) is 1.26. The van der Waals surface area contributed by atoms with Gasteiger partial charge < -0.3 is 15.2 Å². The summed E-state index contributed by atoms with van der Waals surface area (Å²) < 4.78 is 29.4. The molecule has 19 heavy (non-hydrogen) atoms. The van der Waals surface area contributed by atoms with Gasteiger partial charge in [0.2, 0.25) is 5.91 Å². The number of halogens is 3. The smallest absolute Gasteiger partial charge is 0.387 e. The molecule has 1 rings (SSSR count). The number of carbonyl (C=O) groups excluding carboxylic acids is 1. The summed E-state index contributed by atoms with van der Waals surface area (Å²) in [6.45, 7) is -2.98. The molecule has 0 aliphatic carbocycles. The number of benzene rings is 1. The number of rotatable bonds is 6. The number of aliphatic hydroxyl groups excluding tert-OH is 1. The minimum absolute atomic E-state index is 0.0237. The van der Waals surface area contributed by atoms with Crippen LogP contribution in [0.25, 0.3) is 6.08 Å². The van der Waals surface area contributed by atoms with E-state index in [9.17, 15) is 13.6 Å². The average Bonchev–Trinajstić information content (AvgIpc) is 2.36. The first kappa shape index (κ1) is 15.6. The summed E-state index contributed by atoms with van der Waals surface area (Å²) in [6.07, 6.45) is 2.53. The van der Waals surface area contributed by atoms with Crippen LogP contribution in [-0.2, 0) is 4.79 Å². The summed E-state index contributed by atoms with van der Waals surface area (Å²) in [5, 5.41) is 10.9. The fourth-order valence-corrected chi connectivity index (χ4v) is 1.64. The van der Waals surface area contributed by atoms with Crippen LogP contribution in [0.5, 0.6) is 5.75 Å². The predicted molar refractivity (Wildman–Crippen MR) is 69.9 cm³/mol. The van der Waals surface area contributed by atoms with Crippen LogP contribution in [0.4, 0.5) is 8.78 Å². The number of aliphatic hydroxyl groups is 1. The van der Waals surface area contributed by atoms with Crippen molar-refractivity contribution in [1.29, 1.82) is 0 Å². The van der Waals surface area contributed by atoms with Crippen molar-refractivity contribution in [1.82, 2.24) is 5.32 Å². The summed E-state index contributed by atoms with van der Waals surface area (Å²) in [5.41, 5.74) is 0.342. The highest BCUT2D eigenvalue weighted by Gasteiger charge is 2.08. The second-order valence-corrected chi connectivity index (χ2v) is 4.32. The number of alkyl halides is 2. The van der Waals surface area contributed by atoms with E-state index < -0.39 is 12.5 Å². The minimum atomic E-state index is -2.93. The van der Waals surface area contributed by atoms with Gasteiger partial charge in [-0.3, -0.25) is 4.79 Å². The second-order valence-electron chi connectivity index (χ2n) is 3.41. The number of carbonyl (C=O) groups is 1. The molecule has 0 aliphatic rings. The minimum Gasteiger partial charge on any atom is -0.434 e. The number of amides is 1. The van der Waals surface area contributed by atoms with E-state index in [0.717, 1.165) is 0 Å². The molecular weight excluding hydrogens is 324 g/mol. The molecule has 7 heteroatoms. The quantitative estimate of drug-likeness (QED) is 0.783. The lowest BCUT2D eigenvalue weighted by Gasteiger charge is -2.08. The van der Waals surface area contributed by atoms with Crippen molar-refractivity contribution in [2.75, 3.05) is 13.2 Å². The van der Waals surface area contributed by atoms with Crippen molar-refractivity contribution in [2.24, 2.45) is 0 Å². The molecule has 0 radical (unpaired) electrons. The summed E-state index contributed by atoms with van der Waals surface area (Å²) in [7, 11) is 0. The Hall–Kier alpha value is -1.47. The maximum Gasteiger partial charge on any atom is 0.387 e. The van der Waals surface area contributed by atoms with Crippen LogP contribution in [0.1, 0.15) is 5.56 Å². The van der Waals surface area contributed by atoms with Crippen LogP contribution in [0.3, 0.4) is 0 Å². The van der Waals surface area contributed by atoms with E-state index in [4.69, 9.17) is 5.11 Å². The van der Waals surface area contributed by atoms with Gasteiger partial charge >= 0.3 is 6.61 Å². The van der Waals surface area contributed by atoms with Crippen LogP contribution in [0.15, 0.2) is 28.7 Å². The van der Waals surface area contributed by atoms with Gasteiger partial charge in [0.15, 0.2) is 0 Å². The molecule has 0 spiro atoms. The van der Waals surface area contributed by atoms with Gasteiger partial charge in [-0.05, 0) is 24.3 Å². The monoisotopic (exact) mass is 335 g/mol. The van der Waals surface area contributed by atoms with Gasteiger partial charge in [-0.25, -0.2) is 0 Å². The topological polar surface area (TPSA) is 58.6 Å². The highest BCUT2D eigenvalue weighted by Crippen LogP contribution is 2.25. The first-order chi connectivity index (χ1) is 9.02. The first-order valence-electron chi connectivity index (χ1n) is 5.34. The third kappa shape index (κ3) is 5.80. The van der Waals surface area contributed by atoms with E-state index in [1.54, 1.807) is 12.1 Å². The Morgan fingerprint density at radius 2 is 2.26 bits per heavy atom. The Balaban J connectivity index is 2.83. The number of nitrogens with one attached hydrogen (secondary N) is 1. The lowest BCUT2D eigenvalue weighted by Crippen LogP contribution is -2.24. The van der Waals surface area contributed by atoms with E-state index in [-0.39, 0.29) is 18.9 Å². The molecule has 0 saturated heterocycles. The molecule has 1 aromatic carbocycles. The molecule has 0 unspecified atom stereocenters. The van der Waals surface area contributed by atoms with Crippen molar-refractivity contribution in [3.63, 3.8) is 0 Å². The third-order valence-corrected chi connectivity index (χ3v) is 2.51. The third-order valence-electron chi connectivity index (χ3n) is 2.01. The molecule has 2 N–H and O–H groups in total. The normalized spacial score (nSPS) is 11.0. The summed E-state index contributed by atoms with van der Waals surface area (Å²) >= 11 is 3.20. The van der Waals surface area contributed by atoms with Crippen LogP contribution in [-0.4, -0.2) is 30.8 Å². The van der Waals surface area contributed by atoms with Crippen LogP contribution in [0.2, 0.25) is 0 Å². The SMILES string of the molecule is O=C(/C=C/c1cc(Br)ccc1OC(F)F)NCCO.